The van der Waals surface area contributed by atoms with E-state index in [1.54, 1.807) is 12.3 Å². The Morgan fingerprint density at radius 3 is 2.40 bits per heavy atom. The third-order valence-electron chi connectivity index (χ3n) is 8.77. The van der Waals surface area contributed by atoms with Crippen molar-refractivity contribution in [2.75, 3.05) is 44.6 Å². The monoisotopic (exact) mass is 477 g/mol. The van der Waals surface area contributed by atoms with E-state index in [1.165, 1.54) is 23.0 Å². The predicted molar refractivity (Wildman–Crippen MR) is 134 cm³/mol. The fourth-order valence-corrected chi connectivity index (χ4v) is 6.31. The first-order chi connectivity index (χ1) is 17.0. The van der Waals surface area contributed by atoms with E-state index in [0.29, 0.717) is 29.1 Å². The maximum absolute atomic E-state index is 12.8. The van der Waals surface area contributed by atoms with Gasteiger partial charge in [-0.25, -0.2) is 9.59 Å². The zero-order chi connectivity index (χ0) is 24.0. The fraction of sp³-hybridized carbons (Fsp3) is 0.577. The van der Waals surface area contributed by atoms with Crippen LogP contribution in [0.15, 0.2) is 41.3 Å². The van der Waals surface area contributed by atoms with Gasteiger partial charge >= 0.3 is 11.7 Å². The first kappa shape index (κ1) is 22.7. The Hall–Kier alpha value is -2.75. The number of carbonyl (C=O) groups is 1. The van der Waals surface area contributed by atoms with Crippen molar-refractivity contribution in [2.24, 2.45) is 23.0 Å². The lowest BCUT2D eigenvalue weighted by Gasteiger charge is -2.44. The lowest BCUT2D eigenvalue weighted by atomic mass is 9.72. The summed E-state index contributed by atoms with van der Waals surface area (Å²) in [5, 5.41) is 6.25. The van der Waals surface area contributed by atoms with Crippen LogP contribution in [0.2, 0.25) is 0 Å². The minimum atomic E-state index is -0.406. The number of amides is 2. The molecule has 186 valence electrons. The molecule has 1 aromatic carbocycles. The number of hydrogen-bond acceptors (Lipinski definition) is 6. The molecule has 0 radical (unpaired) electrons. The van der Waals surface area contributed by atoms with Gasteiger partial charge in [-0.05, 0) is 79.8 Å². The van der Waals surface area contributed by atoms with Crippen molar-refractivity contribution in [1.29, 1.82) is 0 Å². The van der Waals surface area contributed by atoms with Gasteiger partial charge in [0.2, 0.25) is 0 Å². The van der Waals surface area contributed by atoms with E-state index in [-0.39, 0.29) is 6.03 Å². The van der Waals surface area contributed by atoms with Gasteiger partial charge in [0.1, 0.15) is 5.82 Å². The van der Waals surface area contributed by atoms with Crippen molar-refractivity contribution in [1.82, 2.24) is 24.7 Å². The highest BCUT2D eigenvalue weighted by atomic mass is 16.2. The van der Waals surface area contributed by atoms with Crippen LogP contribution in [0, 0.1) is 17.3 Å². The summed E-state index contributed by atoms with van der Waals surface area (Å²) in [5.74, 6) is 1.65. The van der Waals surface area contributed by atoms with E-state index in [9.17, 15) is 9.59 Å². The van der Waals surface area contributed by atoms with Gasteiger partial charge < -0.3 is 16.0 Å². The van der Waals surface area contributed by atoms with E-state index < -0.39 is 5.69 Å². The highest BCUT2D eigenvalue weighted by Crippen LogP contribution is 2.44. The molecule has 1 aromatic heterocycles. The zero-order valence-corrected chi connectivity index (χ0v) is 20.2. The van der Waals surface area contributed by atoms with Crippen LogP contribution in [0.3, 0.4) is 0 Å². The number of likely N-dealkylation sites (tertiary alicyclic amines) is 2. The van der Waals surface area contributed by atoms with Gasteiger partial charge in [0, 0.05) is 45.0 Å². The summed E-state index contributed by atoms with van der Waals surface area (Å²) < 4.78 is 1.51. The molecule has 3 aliphatic heterocycles. The Morgan fingerprint density at radius 1 is 1.06 bits per heavy atom. The van der Waals surface area contributed by atoms with Crippen LogP contribution in [0.1, 0.15) is 31.2 Å². The molecule has 1 unspecified atom stereocenters. The Balaban J connectivity index is 1.04. The molecule has 2 aromatic rings. The average Bonchev–Trinajstić information content (AvgIpc) is 3.24. The van der Waals surface area contributed by atoms with E-state index in [2.05, 4.69) is 32.7 Å². The number of anilines is 1. The van der Waals surface area contributed by atoms with Gasteiger partial charge in [0.05, 0.1) is 5.69 Å². The topological polar surface area (TPSA) is 109 Å². The SMILES string of the molecule is NC1[C@H]2CN(Cc3ccc(-n4ccc(NC(=O)N5CCC6(CCNCC6)CC5)nc4=O)cc3)C[C@@H]12. The van der Waals surface area contributed by atoms with Crippen molar-refractivity contribution in [3.63, 3.8) is 0 Å². The maximum Gasteiger partial charge on any atom is 0.354 e. The molecule has 6 rings (SSSR count). The summed E-state index contributed by atoms with van der Waals surface area (Å²) in [6.45, 7) is 6.72. The number of nitrogens with one attached hydrogen (secondary N) is 2. The summed E-state index contributed by atoms with van der Waals surface area (Å²) in [6.07, 6.45) is 6.14. The smallest absolute Gasteiger partial charge is 0.327 e. The van der Waals surface area contributed by atoms with E-state index in [0.717, 1.165) is 64.3 Å². The lowest BCUT2D eigenvalue weighted by molar-refractivity contribution is 0.0915. The second kappa shape index (κ2) is 9.04. The van der Waals surface area contributed by atoms with Gasteiger partial charge in [0.15, 0.2) is 0 Å². The van der Waals surface area contributed by atoms with Crippen LogP contribution in [0.5, 0.6) is 0 Å². The van der Waals surface area contributed by atoms with Gasteiger partial charge in [-0.2, -0.15) is 4.98 Å². The van der Waals surface area contributed by atoms with E-state index in [1.807, 2.05) is 17.0 Å². The normalized spacial score (nSPS) is 27.6. The van der Waals surface area contributed by atoms with Crippen LogP contribution >= 0.6 is 0 Å². The van der Waals surface area contributed by atoms with E-state index in [4.69, 9.17) is 5.73 Å². The summed E-state index contributed by atoms with van der Waals surface area (Å²) >= 11 is 0. The number of hydrogen-bond donors (Lipinski definition) is 3. The number of benzene rings is 1. The summed E-state index contributed by atoms with van der Waals surface area (Å²) in [4.78, 5) is 33.9. The molecule has 2 amide bonds. The molecule has 35 heavy (non-hydrogen) atoms. The summed E-state index contributed by atoms with van der Waals surface area (Å²) in [6, 6.07) is 9.94. The van der Waals surface area contributed by atoms with Crippen molar-refractivity contribution < 1.29 is 4.79 Å². The Bertz CT molecular complexity index is 1120. The van der Waals surface area contributed by atoms with Crippen molar-refractivity contribution in [3.8, 4) is 5.69 Å². The predicted octanol–water partition coefficient (Wildman–Crippen LogP) is 1.62. The van der Waals surface area contributed by atoms with Crippen molar-refractivity contribution >= 4 is 11.8 Å². The van der Waals surface area contributed by atoms with Gasteiger partial charge in [0.25, 0.3) is 0 Å². The standard InChI is InChI=1S/C26H35N7O2/c27-23-20-16-31(17-21(20)23)15-18-1-3-19(4-2-18)33-12-5-22(30-25(33)35)29-24(34)32-13-8-26(9-14-32)6-10-28-11-7-26/h1-5,12,20-21,23,28H,6-11,13-17,27H2,(H,29,30,34,35)/t20-,21+,23?. The second-order valence-corrected chi connectivity index (χ2v) is 10.9. The third kappa shape index (κ3) is 4.60. The van der Waals surface area contributed by atoms with Crippen LogP contribution in [0.4, 0.5) is 10.6 Å². The number of piperidine rings is 3. The molecule has 1 saturated carbocycles. The molecule has 4 fully saturated rings. The molecule has 3 saturated heterocycles. The molecule has 9 heteroatoms. The van der Waals surface area contributed by atoms with Gasteiger partial charge in [-0.3, -0.25) is 14.8 Å². The number of aromatic nitrogens is 2. The highest BCUT2D eigenvalue weighted by Gasteiger charge is 2.53. The number of fused-ring (bicyclic) bond motifs is 1. The second-order valence-electron chi connectivity index (χ2n) is 10.9. The Morgan fingerprint density at radius 2 is 1.74 bits per heavy atom. The minimum absolute atomic E-state index is 0.178. The number of nitrogens with zero attached hydrogens (tertiary/aromatic N) is 4. The molecule has 1 aliphatic carbocycles. The molecule has 3 atom stereocenters. The molecular weight excluding hydrogens is 442 g/mol. The molecule has 1 spiro atoms. The number of rotatable bonds is 4. The Kier molecular flexibility index (Phi) is 5.86. The molecule has 4 heterocycles. The molecule has 9 nitrogen and oxygen atoms in total. The fourth-order valence-electron chi connectivity index (χ4n) is 6.31. The maximum atomic E-state index is 12.8. The van der Waals surface area contributed by atoms with Crippen molar-refractivity contribution in [2.45, 2.75) is 38.3 Å². The van der Waals surface area contributed by atoms with Crippen LogP contribution in [-0.4, -0.2) is 70.7 Å². The van der Waals surface area contributed by atoms with E-state index >= 15 is 0 Å². The van der Waals surface area contributed by atoms with Crippen LogP contribution in [-0.2, 0) is 6.54 Å². The average molecular weight is 478 g/mol. The van der Waals surface area contributed by atoms with Crippen molar-refractivity contribution in [3.05, 3.63) is 52.6 Å². The lowest BCUT2D eigenvalue weighted by Crippen LogP contribution is -2.48. The number of nitrogens with two attached hydrogens (primary N) is 1. The van der Waals surface area contributed by atoms with Gasteiger partial charge in [-0.1, -0.05) is 12.1 Å². The van der Waals surface area contributed by atoms with Gasteiger partial charge in [-0.15, -0.1) is 0 Å². The molecular formula is C26H35N7O2. The van der Waals surface area contributed by atoms with Crippen LogP contribution < -0.4 is 22.1 Å². The summed E-state index contributed by atoms with van der Waals surface area (Å²) in [7, 11) is 0. The summed E-state index contributed by atoms with van der Waals surface area (Å²) in [5.41, 5.74) is 8.00. The molecule has 0 bridgehead atoms. The third-order valence-corrected chi connectivity index (χ3v) is 8.77. The number of urea groups is 1. The quantitative estimate of drug-likeness (QED) is 0.618. The minimum Gasteiger partial charge on any atom is -0.327 e. The first-order valence-corrected chi connectivity index (χ1v) is 12.9. The highest BCUT2D eigenvalue weighted by molar-refractivity contribution is 5.88. The number of carbonyl (C=O) groups excluding carboxylic acids is 1. The largest absolute Gasteiger partial charge is 0.354 e. The first-order valence-electron chi connectivity index (χ1n) is 12.9. The zero-order valence-electron chi connectivity index (χ0n) is 20.2. The molecule has 4 N–H and O–H groups in total. The molecule has 4 aliphatic rings. The van der Waals surface area contributed by atoms with Crippen LogP contribution in [0.25, 0.3) is 5.69 Å². The Labute approximate surface area is 205 Å².